The zero-order valence-corrected chi connectivity index (χ0v) is 20.5. The van der Waals surface area contributed by atoms with Crippen molar-refractivity contribution in [2.75, 3.05) is 31.1 Å². The molecule has 0 aliphatic carbocycles. The summed E-state index contributed by atoms with van der Waals surface area (Å²) in [6.45, 7) is 5.68. The Morgan fingerprint density at radius 2 is 1.05 bits per heavy atom. The minimum absolute atomic E-state index is 0.0968. The fraction of sp³-hybridized carbons (Fsp3) is 0.321. The van der Waals surface area contributed by atoms with Crippen LogP contribution in [-0.2, 0) is 30.5 Å². The third-order valence-corrected chi connectivity index (χ3v) is 6.90. The van der Waals surface area contributed by atoms with Crippen molar-refractivity contribution in [3.63, 3.8) is 0 Å². The van der Waals surface area contributed by atoms with E-state index >= 15 is 0 Å². The molecule has 0 spiro atoms. The number of halogens is 9. The first-order chi connectivity index (χ1) is 18.1. The Balaban J connectivity index is 1.63. The Bertz CT molecular complexity index is 1230. The molecule has 1 fully saturated rings. The second kappa shape index (κ2) is 10.4. The molecule has 4 rings (SSSR count). The predicted molar refractivity (Wildman–Crippen MR) is 129 cm³/mol. The van der Waals surface area contributed by atoms with Gasteiger partial charge in [0.05, 0.1) is 22.2 Å². The molecule has 209 valence electrons. The highest BCUT2D eigenvalue weighted by atomic mass is 19.4. The minimum Gasteiger partial charge on any atom is -0.369 e. The minimum atomic E-state index is -4.97. The van der Waals surface area contributed by atoms with E-state index in [1.54, 1.807) is 30.3 Å². The lowest BCUT2D eigenvalue weighted by Crippen LogP contribution is -2.55. The number of rotatable bonds is 5. The maximum absolute atomic E-state index is 13.5. The zero-order valence-electron chi connectivity index (χ0n) is 20.5. The molecule has 0 bridgehead atoms. The van der Waals surface area contributed by atoms with Gasteiger partial charge in [-0.2, -0.15) is 39.5 Å². The van der Waals surface area contributed by atoms with Crippen LogP contribution in [0.3, 0.4) is 0 Å². The van der Waals surface area contributed by atoms with Gasteiger partial charge in [-0.25, -0.2) is 0 Å². The van der Waals surface area contributed by atoms with Crippen molar-refractivity contribution < 1.29 is 39.5 Å². The summed E-state index contributed by atoms with van der Waals surface area (Å²) >= 11 is 0. The molecular formula is C28H24F9N2. The van der Waals surface area contributed by atoms with Gasteiger partial charge in [0.15, 0.2) is 0 Å². The maximum atomic E-state index is 13.5. The highest BCUT2D eigenvalue weighted by Gasteiger charge is 2.40. The molecule has 2 nitrogen and oxygen atoms in total. The van der Waals surface area contributed by atoms with Crippen LogP contribution < -0.4 is 4.90 Å². The zero-order chi connectivity index (χ0) is 28.6. The van der Waals surface area contributed by atoms with Gasteiger partial charge in [-0.15, -0.1) is 0 Å². The number of nitrogens with zero attached hydrogens (tertiary/aromatic N) is 2. The van der Waals surface area contributed by atoms with Crippen molar-refractivity contribution in [3.05, 3.63) is 108 Å². The van der Waals surface area contributed by atoms with Crippen molar-refractivity contribution in [1.82, 2.24) is 4.90 Å². The number of hydrogen-bond acceptors (Lipinski definition) is 2. The molecule has 1 saturated heterocycles. The van der Waals surface area contributed by atoms with Gasteiger partial charge in [-0.05, 0) is 66.9 Å². The quantitative estimate of drug-likeness (QED) is 0.294. The van der Waals surface area contributed by atoms with Crippen LogP contribution in [0.2, 0.25) is 0 Å². The molecule has 0 amide bonds. The van der Waals surface area contributed by atoms with Gasteiger partial charge in [-0.1, -0.05) is 30.3 Å². The fourth-order valence-corrected chi connectivity index (χ4v) is 4.86. The van der Waals surface area contributed by atoms with Gasteiger partial charge in [0, 0.05) is 31.9 Å². The van der Waals surface area contributed by atoms with E-state index in [1.165, 1.54) is 12.1 Å². The van der Waals surface area contributed by atoms with Crippen LogP contribution in [0.5, 0.6) is 0 Å². The molecule has 1 aliphatic heterocycles. The summed E-state index contributed by atoms with van der Waals surface area (Å²) in [7, 11) is 0. The van der Waals surface area contributed by atoms with Crippen LogP contribution in [0, 0.1) is 6.92 Å². The standard InChI is InChI=1S/C28H24F9N2/c1-25(20-5-3-2-4-6-20,18-19-15-22(27(32,33)34)17-23(16-19)28(35,36)37)39-13-11-38(12-14-39)24-9-7-21(8-10-24)26(29,30)31/h2-10,15-17H,1,11-14,18H2. The molecule has 0 aromatic heterocycles. The largest absolute Gasteiger partial charge is 0.416 e. The maximum Gasteiger partial charge on any atom is 0.416 e. The third kappa shape index (κ3) is 6.51. The Kier molecular flexibility index (Phi) is 7.68. The molecule has 3 aromatic carbocycles. The van der Waals surface area contributed by atoms with Gasteiger partial charge >= 0.3 is 18.5 Å². The van der Waals surface area contributed by atoms with Crippen LogP contribution in [0.15, 0.2) is 72.8 Å². The molecule has 1 heterocycles. The summed E-state index contributed by atoms with van der Waals surface area (Å²) in [4.78, 5) is 3.75. The predicted octanol–water partition coefficient (Wildman–Crippen LogP) is 7.84. The topological polar surface area (TPSA) is 6.48 Å². The van der Waals surface area contributed by atoms with E-state index in [0.717, 1.165) is 24.3 Å². The molecule has 39 heavy (non-hydrogen) atoms. The lowest BCUT2D eigenvalue weighted by atomic mass is 9.82. The molecule has 1 atom stereocenters. The van der Waals surface area contributed by atoms with E-state index < -0.39 is 40.8 Å². The summed E-state index contributed by atoms with van der Waals surface area (Å²) in [5.74, 6) is 0. The molecule has 11 heteroatoms. The monoisotopic (exact) mass is 559 g/mol. The summed E-state index contributed by atoms with van der Waals surface area (Å²) in [5, 5.41) is 0. The van der Waals surface area contributed by atoms with Crippen LogP contribution in [0.1, 0.15) is 27.8 Å². The molecular weight excluding hydrogens is 535 g/mol. The molecule has 3 aromatic rings. The normalized spacial score (nSPS) is 17.2. The summed E-state index contributed by atoms with van der Waals surface area (Å²) in [6, 6.07) is 14.8. The highest BCUT2D eigenvalue weighted by Crippen LogP contribution is 2.40. The first-order valence-electron chi connectivity index (χ1n) is 11.9. The lowest BCUT2D eigenvalue weighted by molar-refractivity contribution is -0.143. The second-order valence-corrected chi connectivity index (χ2v) is 9.51. The first kappa shape index (κ1) is 28.8. The van der Waals surface area contributed by atoms with E-state index in [1.807, 2.05) is 9.80 Å². The fourth-order valence-electron chi connectivity index (χ4n) is 4.86. The lowest BCUT2D eigenvalue weighted by Gasteiger charge is -2.47. The molecule has 0 N–H and O–H groups in total. The number of anilines is 1. The van der Waals surface area contributed by atoms with Gasteiger partial charge in [0.2, 0.25) is 0 Å². The molecule has 0 saturated carbocycles. The van der Waals surface area contributed by atoms with E-state index in [0.29, 0.717) is 37.4 Å². The molecule has 1 radical (unpaired) electrons. The van der Waals surface area contributed by atoms with E-state index in [2.05, 4.69) is 6.92 Å². The summed E-state index contributed by atoms with van der Waals surface area (Å²) in [6.07, 6.45) is -14.6. The van der Waals surface area contributed by atoms with Gasteiger partial charge in [-0.3, -0.25) is 4.90 Å². The van der Waals surface area contributed by atoms with E-state index in [-0.39, 0.29) is 18.1 Å². The van der Waals surface area contributed by atoms with Gasteiger partial charge in [0.25, 0.3) is 0 Å². The SMILES string of the molecule is [CH2]C(Cc1cc(C(F)(F)F)cc(C(F)(F)F)c1)(c1ccccc1)N1CCN(c2ccc(C(F)(F)F)cc2)CC1. The number of hydrogen-bond donors (Lipinski definition) is 0. The molecule has 1 unspecified atom stereocenters. The van der Waals surface area contributed by atoms with Crippen LogP contribution >= 0.6 is 0 Å². The van der Waals surface area contributed by atoms with Crippen molar-refractivity contribution in [3.8, 4) is 0 Å². The first-order valence-corrected chi connectivity index (χ1v) is 11.9. The van der Waals surface area contributed by atoms with Crippen LogP contribution in [0.25, 0.3) is 0 Å². The van der Waals surface area contributed by atoms with Crippen molar-refractivity contribution in [2.45, 2.75) is 30.5 Å². The average Bonchev–Trinajstić information content (AvgIpc) is 2.87. The third-order valence-electron chi connectivity index (χ3n) is 6.90. The summed E-state index contributed by atoms with van der Waals surface area (Å²) < 4.78 is 120. The number of alkyl halides is 9. The van der Waals surface area contributed by atoms with Crippen LogP contribution in [0.4, 0.5) is 45.2 Å². The number of piperazine rings is 1. The average molecular weight is 559 g/mol. The summed E-state index contributed by atoms with van der Waals surface area (Å²) in [5.41, 5.74) is -3.75. The molecule has 1 aliphatic rings. The van der Waals surface area contributed by atoms with Gasteiger partial charge < -0.3 is 4.90 Å². The van der Waals surface area contributed by atoms with E-state index in [4.69, 9.17) is 0 Å². The Labute approximate surface area is 219 Å². The van der Waals surface area contributed by atoms with Crippen molar-refractivity contribution in [1.29, 1.82) is 0 Å². The number of benzene rings is 3. The van der Waals surface area contributed by atoms with E-state index in [9.17, 15) is 39.5 Å². The highest BCUT2D eigenvalue weighted by molar-refractivity contribution is 5.49. The smallest absolute Gasteiger partial charge is 0.369 e. The van der Waals surface area contributed by atoms with Crippen LogP contribution in [-0.4, -0.2) is 31.1 Å². The Morgan fingerprint density at radius 3 is 1.51 bits per heavy atom. The Morgan fingerprint density at radius 1 is 0.564 bits per heavy atom. The second-order valence-electron chi connectivity index (χ2n) is 9.51. The van der Waals surface area contributed by atoms with Gasteiger partial charge in [0.1, 0.15) is 0 Å². The van der Waals surface area contributed by atoms with Crippen molar-refractivity contribution in [2.24, 2.45) is 0 Å². The van der Waals surface area contributed by atoms with Crippen molar-refractivity contribution >= 4 is 5.69 Å². The Hall–Kier alpha value is -3.21.